The predicted molar refractivity (Wildman–Crippen MR) is 45.2 cm³/mol. The predicted octanol–water partition coefficient (Wildman–Crippen LogP) is 2.70. The second kappa shape index (κ2) is 4.31. The first-order valence-electron chi connectivity index (χ1n) is 4.82. The Bertz CT molecular complexity index is 149. The molecule has 0 unspecified atom stereocenters. The van der Waals surface area contributed by atoms with E-state index in [-0.39, 0.29) is 12.5 Å². The molecule has 4 heteroatoms. The van der Waals surface area contributed by atoms with E-state index in [4.69, 9.17) is 5.73 Å². The lowest BCUT2D eigenvalue weighted by Gasteiger charge is -2.30. The summed E-state index contributed by atoms with van der Waals surface area (Å²) < 4.78 is 37.3. The molecule has 1 nitrogen and oxygen atoms in total. The molecule has 0 spiro atoms. The van der Waals surface area contributed by atoms with Crippen molar-refractivity contribution in [3.8, 4) is 0 Å². The average molecular weight is 195 g/mol. The van der Waals surface area contributed by atoms with Gasteiger partial charge in [-0.15, -0.1) is 0 Å². The molecule has 0 bridgehead atoms. The van der Waals surface area contributed by atoms with E-state index in [1.54, 1.807) is 0 Å². The zero-order chi connectivity index (χ0) is 9.90. The first-order valence-corrected chi connectivity index (χ1v) is 4.82. The third-order valence-corrected chi connectivity index (χ3v) is 2.89. The zero-order valence-corrected chi connectivity index (χ0v) is 7.61. The van der Waals surface area contributed by atoms with Gasteiger partial charge in [0.1, 0.15) is 0 Å². The van der Waals surface area contributed by atoms with Gasteiger partial charge in [0.25, 0.3) is 0 Å². The minimum absolute atomic E-state index is 0.223. The summed E-state index contributed by atoms with van der Waals surface area (Å²) in [6.07, 6.45) is 0.222. The van der Waals surface area contributed by atoms with E-state index in [1.807, 2.05) is 0 Å². The standard InChI is InChI=1S/C9H16F3N/c10-9(11,12)8(6-13)7-4-2-1-3-5-7/h7-8H,1-6,13H2/t8-/m1/s1. The highest BCUT2D eigenvalue weighted by Gasteiger charge is 2.43. The number of nitrogens with two attached hydrogens (primary N) is 1. The van der Waals surface area contributed by atoms with E-state index in [2.05, 4.69) is 0 Å². The smallest absolute Gasteiger partial charge is 0.330 e. The first kappa shape index (κ1) is 10.8. The van der Waals surface area contributed by atoms with Crippen LogP contribution in [0.2, 0.25) is 0 Å². The molecular weight excluding hydrogens is 179 g/mol. The Balaban J connectivity index is 2.54. The molecule has 0 radical (unpaired) electrons. The van der Waals surface area contributed by atoms with Gasteiger partial charge in [0.2, 0.25) is 0 Å². The van der Waals surface area contributed by atoms with Gasteiger partial charge < -0.3 is 5.73 Å². The summed E-state index contributed by atoms with van der Waals surface area (Å²) in [6.45, 7) is -0.256. The normalized spacial score (nSPS) is 23.1. The largest absolute Gasteiger partial charge is 0.393 e. The zero-order valence-electron chi connectivity index (χ0n) is 7.61. The summed E-state index contributed by atoms with van der Waals surface area (Å²) in [6, 6.07) is 0. The van der Waals surface area contributed by atoms with Crippen LogP contribution in [-0.4, -0.2) is 12.7 Å². The van der Waals surface area contributed by atoms with Crippen LogP contribution in [0.1, 0.15) is 32.1 Å². The lowest BCUT2D eigenvalue weighted by Crippen LogP contribution is -2.37. The molecule has 1 rings (SSSR count). The summed E-state index contributed by atoms with van der Waals surface area (Å²) in [5.41, 5.74) is 5.17. The fourth-order valence-corrected chi connectivity index (χ4v) is 2.13. The second-order valence-corrected chi connectivity index (χ2v) is 3.78. The molecule has 1 aliphatic rings. The average Bonchev–Trinajstić information content (AvgIpc) is 2.05. The van der Waals surface area contributed by atoms with E-state index in [9.17, 15) is 13.2 Å². The van der Waals surface area contributed by atoms with Crippen molar-refractivity contribution in [3.63, 3.8) is 0 Å². The van der Waals surface area contributed by atoms with Gasteiger partial charge in [-0.3, -0.25) is 0 Å². The van der Waals surface area contributed by atoms with Crippen LogP contribution in [0.15, 0.2) is 0 Å². The molecule has 1 atom stereocenters. The molecule has 2 N–H and O–H groups in total. The molecule has 1 fully saturated rings. The molecule has 0 heterocycles. The molecule has 0 aliphatic heterocycles. The van der Waals surface area contributed by atoms with Crippen molar-refractivity contribution in [3.05, 3.63) is 0 Å². The Morgan fingerprint density at radius 2 is 1.69 bits per heavy atom. The molecule has 0 aromatic rings. The Hall–Kier alpha value is -0.250. The van der Waals surface area contributed by atoms with Crippen LogP contribution < -0.4 is 5.73 Å². The number of hydrogen-bond acceptors (Lipinski definition) is 1. The van der Waals surface area contributed by atoms with E-state index < -0.39 is 12.1 Å². The van der Waals surface area contributed by atoms with Gasteiger partial charge in [-0.25, -0.2) is 0 Å². The molecular formula is C9H16F3N. The van der Waals surface area contributed by atoms with Crippen LogP contribution in [0, 0.1) is 11.8 Å². The summed E-state index contributed by atoms with van der Waals surface area (Å²) in [5, 5.41) is 0. The maximum atomic E-state index is 12.4. The van der Waals surface area contributed by atoms with Gasteiger partial charge in [0, 0.05) is 6.54 Å². The van der Waals surface area contributed by atoms with Crippen LogP contribution in [0.25, 0.3) is 0 Å². The maximum absolute atomic E-state index is 12.4. The number of hydrogen-bond donors (Lipinski definition) is 1. The minimum Gasteiger partial charge on any atom is -0.330 e. The van der Waals surface area contributed by atoms with Gasteiger partial charge in [0.15, 0.2) is 0 Å². The SMILES string of the molecule is NC[C@H](C1CCCCC1)C(F)(F)F. The van der Waals surface area contributed by atoms with Crippen molar-refractivity contribution < 1.29 is 13.2 Å². The summed E-state index contributed by atoms with van der Waals surface area (Å²) >= 11 is 0. The third kappa shape index (κ3) is 2.86. The van der Waals surface area contributed by atoms with Crippen molar-refractivity contribution in [2.45, 2.75) is 38.3 Å². The Labute approximate surface area is 76.5 Å². The lowest BCUT2D eigenvalue weighted by molar-refractivity contribution is -0.188. The molecule has 1 aliphatic carbocycles. The minimum atomic E-state index is -4.10. The van der Waals surface area contributed by atoms with Crippen LogP contribution >= 0.6 is 0 Å². The summed E-state index contributed by atoms with van der Waals surface area (Å²) in [5.74, 6) is -1.49. The van der Waals surface area contributed by atoms with Crippen molar-refractivity contribution >= 4 is 0 Å². The molecule has 0 aromatic carbocycles. The van der Waals surface area contributed by atoms with Crippen molar-refractivity contribution in [2.24, 2.45) is 17.6 Å². The Morgan fingerprint density at radius 3 is 2.08 bits per heavy atom. The second-order valence-electron chi connectivity index (χ2n) is 3.78. The van der Waals surface area contributed by atoms with E-state index in [0.717, 1.165) is 19.3 Å². The summed E-state index contributed by atoms with van der Waals surface area (Å²) in [4.78, 5) is 0. The first-order chi connectivity index (χ1) is 6.05. The van der Waals surface area contributed by atoms with Gasteiger partial charge in [-0.05, 0) is 18.8 Å². The molecule has 78 valence electrons. The van der Waals surface area contributed by atoms with Crippen LogP contribution in [0.4, 0.5) is 13.2 Å². The molecule has 0 amide bonds. The van der Waals surface area contributed by atoms with Crippen molar-refractivity contribution in [1.29, 1.82) is 0 Å². The van der Waals surface area contributed by atoms with E-state index in [1.165, 1.54) is 0 Å². The van der Waals surface area contributed by atoms with E-state index in [0.29, 0.717) is 12.8 Å². The van der Waals surface area contributed by atoms with Crippen molar-refractivity contribution in [1.82, 2.24) is 0 Å². The highest BCUT2D eigenvalue weighted by atomic mass is 19.4. The Kier molecular flexibility index (Phi) is 3.59. The Morgan fingerprint density at radius 1 is 1.15 bits per heavy atom. The highest BCUT2D eigenvalue weighted by Crippen LogP contribution is 2.38. The third-order valence-electron chi connectivity index (χ3n) is 2.89. The molecule has 13 heavy (non-hydrogen) atoms. The molecule has 0 aromatic heterocycles. The van der Waals surface area contributed by atoms with Crippen LogP contribution in [-0.2, 0) is 0 Å². The fraction of sp³-hybridized carbons (Fsp3) is 1.00. The molecule has 1 saturated carbocycles. The number of halogens is 3. The van der Waals surface area contributed by atoms with Gasteiger partial charge in [0.05, 0.1) is 5.92 Å². The lowest BCUT2D eigenvalue weighted by atomic mass is 9.79. The van der Waals surface area contributed by atoms with Crippen LogP contribution in [0.3, 0.4) is 0 Å². The number of rotatable bonds is 2. The highest BCUT2D eigenvalue weighted by molar-refractivity contribution is 4.79. The monoisotopic (exact) mass is 195 g/mol. The van der Waals surface area contributed by atoms with Gasteiger partial charge >= 0.3 is 6.18 Å². The van der Waals surface area contributed by atoms with Gasteiger partial charge in [-0.2, -0.15) is 13.2 Å². The maximum Gasteiger partial charge on any atom is 0.393 e. The summed E-state index contributed by atoms with van der Waals surface area (Å²) in [7, 11) is 0. The van der Waals surface area contributed by atoms with Crippen molar-refractivity contribution in [2.75, 3.05) is 6.54 Å². The quantitative estimate of drug-likeness (QED) is 0.720. The topological polar surface area (TPSA) is 26.0 Å². The van der Waals surface area contributed by atoms with Gasteiger partial charge in [-0.1, -0.05) is 19.3 Å². The van der Waals surface area contributed by atoms with Crippen LogP contribution in [0.5, 0.6) is 0 Å². The fourth-order valence-electron chi connectivity index (χ4n) is 2.13. The van der Waals surface area contributed by atoms with E-state index >= 15 is 0 Å². The number of alkyl halides is 3. The molecule has 0 saturated heterocycles.